The van der Waals surface area contributed by atoms with Gasteiger partial charge in [0, 0.05) is 12.0 Å². The minimum Gasteiger partial charge on any atom is -0.293 e. The molecule has 0 radical (unpaired) electrons. The number of hydrogen-bond acceptors (Lipinski definition) is 3. The maximum Gasteiger partial charge on any atom is 0.179 e. The average molecular weight is 318 g/mol. The van der Waals surface area contributed by atoms with Crippen molar-refractivity contribution in [2.75, 3.05) is 0 Å². The number of Topliss-reactive ketones (excluding diaryl/α,β-unsaturated/α-hetero) is 1. The zero-order valence-corrected chi connectivity index (χ0v) is 10.8. The molecule has 0 unspecified atom stereocenters. The fourth-order valence-corrected chi connectivity index (χ4v) is 2.53. The molecule has 1 heterocycles. The largest absolute Gasteiger partial charge is 0.293 e. The van der Waals surface area contributed by atoms with Gasteiger partial charge >= 0.3 is 0 Å². The number of carbonyl (C=O) groups excluding carboxylic acids is 1. The van der Waals surface area contributed by atoms with Gasteiger partial charge in [-0.15, -0.1) is 11.3 Å². The van der Waals surface area contributed by atoms with Crippen LogP contribution in [0.2, 0.25) is 0 Å². The number of halogens is 3. The Labute approximate surface area is 108 Å². The Kier molecular flexibility index (Phi) is 3.63. The number of ketones is 1. The second kappa shape index (κ2) is 5.01. The van der Waals surface area contributed by atoms with Crippen molar-refractivity contribution in [3.05, 3.63) is 50.4 Å². The van der Waals surface area contributed by atoms with E-state index in [2.05, 4.69) is 20.9 Å². The molecule has 1 aromatic carbocycles. The molecule has 0 spiro atoms. The van der Waals surface area contributed by atoms with Crippen LogP contribution in [0, 0.1) is 11.6 Å². The number of benzene rings is 1. The Morgan fingerprint density at radius 3 is 2.53 bits per heavy atom. The Morgan fingerprint density at radius 2 is 2.00 bits per heavy atom. The van der Waals surface area contributed by atoms with E-state index in [0.29, 0.717) is 8.79 Å². The smallest absolute Gasteiger partial charge is 0.179 e. The predicted octanol–water partition coefficient (Wildman–Crippen LogP) is 3.61. The summed E-state index contributed by atoms with van der Waals surface area (Å²) in [5.41, 5.74) is -0.206. The first-order valence-electron chi connectivity index (χ1n) is 4.65. The van der Waals surface area contributed by atoms with E-state index in [1.807, 2.05) is 0 Å². The van der Waals surface area contributed by atoms with E-state index in [4.69, 9.17) is 0 Å². The van der Waals surface area contributed by atoms with Crippen LogP contribution in [-0.2, 0) is 6.42 Å². The topological polar surface area (TPSA) is 30.0 Å². The molecule has 0 bridgehead atoms. The highest BCUT2D eigenvalue weighted by molar-refractivity contribution is 9.11. The molecule has 0 amide bonds. The van der Waals surface area contributed by atoms with Crippen LogP contribution in [0.5, 0.6) is 0 Å². The highest BCUT2D eigenvalue weighted by atomic mass is 79.9. The summed E-state index contributed by atoms with van der Waals surface area (Å²) in [5, 5.41) is 0. The molecular weight excluding hydrogens is 312 g/mol. The Balaban J connectivity index is 2.24. The zero-order valence-electron chi connectivity index (χ0n) is 8.41. The van der Waals surface area contributed by atoms with Crippen LogP contribution in [0.25, 0.3) is 0 Å². The summed E-state index contributed by atoms with van der Waals surface area (Å²) < 4.78 is 27.2. The molecule has 0 aliphatic rings. The van der Waals surface area contributed by atoms with Gasteiger partial charge < -0.3 is 0 Å². The van der Waals surface area contributed by atoms with E-state index in [1.54, 1.807) is 0 Å². The van der Waals surface area contributed by atoms with E-state index >= 15 is 0 Å². The first kappa shape index (κ1) is 12.3. The first-order chi connectivity index (χ1) is 8.08. The van der Waals surface area contributed by atoms with Crippen LogP contribution in [0.1, 0.15) is 15.2 Å². The van der Waals surface area contributed by atoms with Crippen molar-refractivity contribution in [3.63, 3.8) is 0 Å². The monoisotopic (exact) mass is 317 g/mol. The van der Waals surface area contributed by atoms with E-state index in [1.165, 1.54) is 12.3 Å². The Bertz CT molecular complexity index is 550. The van der Waals surface area contributed by atoms with E-state index in [9.17, 15) is 13.6 Å². The van der Waals surface area contributed by atoms with Crippen molar-refractivity contribution in [3.8, 4) is 0 Å². The van der Waals surface area contributed by atoms with E-state index in [-0.39, 0.29) is 17.8 Å². The van der Waals surface area contributed by atoms with E-state index in [0.717, 1.165) is 23.5 Å². The molecule has 0 fully saturated rings. The molecule has 6 heteroatoms. The number of aromatic nitrogens is 1. The van der Waals surface area contributed by atoms with Gasteiger partial charge in [-0.25, -0.2) is 13.8 Å². The maximum atomic E-state index is 13.3. The molecule has 17 heavy (non-hydrogen) atoms. The van der Waals surface area contributed by atoms with Gasteiger partial charge in [0.05, 0.1) is 11.1 Å². The standard InChI is InChI=1S/C11H6BrF2NOS/c12-11-15-5-10(17-11)9(16)4-6-7(13)2-1-3-8(6)14/h1-3,5H,4H2. The number of hydrogen-bond donors (Lipinski definition) is 0. The van der Waals surface area contributed by atoms with Gasteiger partial charge in [-0.2, -0.15) is 0 Å². The first-order valence-corrected chi connectivity index (χ1v) is 6.26. The molecular formula is C11H6BrF2NOS. The summed E-state index contributed by atoms with van der Waals surface area (Å²) >= 11 is 4.26. The number of carbonyl (C=O) groups is 1. The number of thiazole rings is 1. The third-order valence-electron chi connectivity index (χ3n) is 2.15. The lowest BCUT2D eigenvalue weighted by Crippen LogP contribution is -2.05. The normalized spacial score (nSPS) is 10.5. The van der Waals surface area contributed by atoms with Crippen molar-refractivity contribution in [2.45, 2.75) is 6.42 Å². The molecule has 0 atom stereocenters. The maximum absolute atomic E-state index is 13.3. The summed E-state index contributed by atoms with van der Waals surface area (Å²) in [6.45, 7) is 0. The van der Waals surface area contributed by atoms with Crippen LogP contribution < -0.4 is 0 Å². The van der Waals surface area contributed by atoms with Gasteiger partial charge in [0.15, 0.2) is 9.70 Å². The summed E-state index contributed by atoms with van der Waals surface area (Å²) in [5.74, 6) is -1.76. The highest BCUT2D eigenvalue weighted by Gasteiger charge is 2.16. The van der Waals surface area contributed by atoms with Crippen LogP contribution >= 0.6 is 27.3 Å². The molecule has 88 valence electrons. The van der Waals surface area contributed by atoms with Gasteiger partial charge in [-0.1, -0.05) is 6.07 Å². The summed E-state index contributed by atoms with van der Waals surface area (Å²) in [7, 11) is 0. The second-order valence-electron chi connectivity index (χ2n) is 3.28. The predicted molar refractivity (Wildman–Crippen MR) is 64.2 cm³/mol. The zero-order chi connectivity index (χ0) is 12.4. The van der Waals surface area contributed by atoms with Gasteiger partial charge in [-0.3, -0.25) is 4.79 Å². The Morgan fingerprint density at radius 1 is 1.35 bits per heavy atom. The lowest BCUT2D eigenvalue weighted by molar-refractivity contribution is 0.0994. The SMILES string of the molecule is O=C(Cc1c(F)cccc1F)c1cnc(Br)s1. The fourth-order valence-electron chi connectivity index (χ4n) is 1.33. The fraction of sp³-hybridized carbons (Fsp3) is 0.0909. The molecule has 2 nitrogen and oxygen atoms in total. The lowest BCUT2D eigenvalue weighted by atomic mass is 10.1. The van der Waals surface area contributed by atoms with Crippen molar-refractivity contribution >= 4 is 33.0 Å². The molecule has 1 aromatic heterocycles. The van der Waals surface area contributed by atoms with Crippen molar-refractivity contribution in [1.82, 2.24) is 4.98 Å². The van der Waals surface area contributed by atoms with Gasteiger partial charge in [0.1, 0.15) is 11.6 Å². The quantitative estimate of drug-likeness (QED) is 0.809. The number of nitrogens with zero attached hydrogens (tertiary/aromatic N) is 1. The third-order valence-corrected chi connectivity index (χ3v) is 3.67. The third kappa shape index (κ3) is 2.76. The second-order valence-corrected chi connectivity index (χ2v) is 5.58. The highest BCUT2D eigenvalue weighted by Crippen LogP contribution is 2.21. The van der Waals surface area contributed by atoms with Gasteiger partial charge in [0.2, 0.25) is 0 Å². The number of rotatable bonds is 3. The molecule has 0 aliphatic carbocycles. The van der Waals surface area contributed by atoms with Crippen LogP contribution in [0.4, 0.5) is 8.78 Å². The van der Waals surface area contributed by atoms with Crippen LogP contribution in [0.3, 0.4) is 0 Å². The molecule has 0 saturated heterocycles. The van der Waals surface area contributed by atoms with Crippen molar-refractivity contribution < 1.29 is 13.6 Å². The molecule has 0 aliphatic heterocycles. The minimum atomic E-state index is -0.707. The molecule has 2 aromatic rings. The molecule has 0 saturated carbocycles. The lowest BCUT2D eigenvalue weighted by Gasteiger charge is -2.02. The molecule has 0 N–H and O–H groups in total. The van der Waals surface area contributed by atoms with Crippen molar-refractivity contribution in [2.24, 2.45) is 0 Å². The summed E-state index contributed by atoms with van der Waals surface area (Å²) in [6, 6.07) is 3.53. The summed E-state index contributed by atoms with van der Waals surface area (Å²) in [4.78, 5) is 16.0. The van der Waals surface area contributed by atoms with Crippen LogP contribution in [-0.4, -0.2) is 10.8 Å². The Hall–Kier alpha value is -1.14. The minimum absolute atomic E-state index is 0.206. The van der Waals surface area contributed by atoms with Gasteiger partial charge in [0.25, 0.3) is 0 Å². The van der Waals surface area contributed by atoms with E-state index < -0.39 is 11.6 Å². The average Bonchev–Trinajstić information content (AvgIpc) is 2.70. The molecule has 2 rings (SSSR count). The van der Waals surface area contributed by atoms with Crippen LogP contribution in [0.15, 0.2) is 28.3 Å². The summed E-state index contributed by atoms with van der Waals surface area (Å²) in [6.07, 6.45) is 1.09. The van der Waals surface area contributed by atoms with Crippen molar-refractivity contribution in [1.29, 1.82) is 0 Å². The van der Waals surface area contributed by atoms with Gasteiger partial charge in [-0.05, 0) is 28.1 Å².